The van der Waals surface area contributed by atoms with Gasteiger partial charge in [-0.2, -0.15) is 0 Å². The molecular weight excluding hydrogens is 261 g/mol. The molecule has 2 amide bonds. The lowest BCUT2D eigenvalue weighted by molar-refractivity contribution is 0.223. The van der Waals surface area contributed by atoms with Crippen LogP contribution in [0.15, 0.2) is 18.2 Å². The molecule has 0 aliphatic rings. The number of hydrogen-bond donors (Lipinski definition) is 2. The molecule has 4 nitrogen and oxygen atoms in total. The molecule has 2 N–H and O–H groups in total. The molecule has 0 fully saturated rings. The first-order valence-corrected chi connectivity index (χ1v) is 5.91. The number of halogens is 2. The lowest BCUT2D eigenvalue weighted by Crippen LogP contribution is -2.35. The van der Waals surface area contributed by atoms with Gasteiger partial charge in [-0.15, -0.1) is 0 Å². The van der Waals surface area contributed by atoms with E-state index in [4.69, 9.17) is 23.2 Å². The van der Waals surface area contributed by atoms with Gasteiger partial charge in [-0.25, -0.2) is 4.79 Å². The van der Waals surface area contributed by atoms with Crippen LogP contribution in [0.25, 0.3) is 0 Å². The largest absolute Gasteiger partial charge is 0.326 e. The van der Waals surface area contributed by atoms with Gasteiger partial charge in [-0.05, 0) is 25.2 Å². The van der Waals surface area contributed by atoms with Gasteiger partial charge in [-0.3, -0.25) is 0 Å². The molecule has 0 saturated carbocycles. The molecule has 1 aromatic carbocycles. The highest BCUT2D eigenvalue weighted by atomic mass is 35.5. The molecule has 6 heteroatoms. The van der Waals surface area contributed by atoms with Crippen molar-refractivity contribution in [2.75, 3.05) is 32.5 Å². The van der Waals surface area contributed by atoms with Crippen molar-refractivity contribution in [2.45, 2.75) is 0 Å². The average Bonchev–Trinajstić information content (AvgIpc) is 2.24. The maximum atomic E-state index is 11.7. The number of hydrogen-bond acceptors (Lipinski definition) is 2. The summed E-state index contributed by atoms with van der Waals surface area (Å²) in [5.41, 5.74) is 0.587. The van der Waals surface area contributed by atoms with E-state index in [1.165, 1.54) is 0 Å². The summed E-state index contributed by atoms with van der Waals surface area (Å²) >= 11 is 11.7. The number of amides is 2. The van der Waals surface area contributed by atoms with Crippen LogP contribution < -0.4 is 10.6 Å². The zero-order chi connectivity index (χ0) is 12.8. The van der Waals surface area contributed by atoms with Crippen LogP contribution in [0.5, 0.6) is 0 Å². The Kier molecular flexibility index (Phi) is 5.55. The van der Waals surface area contributed by atoms with Crippen LogP contribution in [0, 0.1) is 0 Å². The molecule has 17 heavy (non-hydrogen) atoms. The summed E-state index contributed by atoms with van der Waals surface area (Å²) in [6.07, 6.45) is 0. The molecule has 1 rings (SSSR count). The molecule has 94 valence electrons. The molecule has 0 aliphatic heterocycles. The maximum Gasteiger partial charge on any atom is 0.321 e. The topological polar surface area (TPSA) is 44.4 Å². The minimum atomic E-state index is -0.196. The summed E-state index contributed by atoms with van der Waals surface area (Å²) in [5.74, 6) is 0. The fraction of sp³-hybridized carbons (Fsp3) is 0.364. The quantitative estimate of drug-likeness (QED) is 0.888. The Morgan fingerprint density at radius 3 is 2.41 bits per heavy atom. The minimum absolute atomic E-state index is 0.196. The predicted octanol–water partition coefficient (Wildman–Crippen LogP) is 2.68. The van der Waals surface area contributed by atoms with E-state index in [0.717, 1.165) is 6.54 Å². The normalized spacial score (nSPS) is 10.1. The molecule has 0 saturated heterocycles. The number of benzene rings is 1. The average molecular weight is 276 g/mol. The number of anilines is 1. The highest BCUT2D eigenvalue weighted by molar-refractivity contribution is 6.35. The molecule has 0 bridgehead atoms. The molecular formula is C11H15Cl2N3O. The number of rotatable bonds is 4. The SMILES string of the molecule is CNCCN(C)C(=O)Nc1cc(Cl)cc(Cl)c1. The highest BCUT2D eigenvalue weighted by Gasteiger charge is 2.08. The third kappa shape index (κ3) is 4.81. The Hall–Kier alpha value is -0.970. The molecule has 0 aromatic heterocycles. The van der Waals surface area contributed by atoms with Crippen LogP contribution in [0.1, 0.15) is 0 Å². The van der Waals surface area contributed by atoms with Gasteiger partial charge in [0.1, 0.15) is 0 Å². The summed E-state index contributed by atoms with van der Waals surface area (Å²) in [6.45, 7) is 1.36. The summed E-state index contributed by atoms with van der Waals surface area (Å²) < 4.78 is 0. The zero-order valence-corrected chi connectivity index (χ0v) is 11.3. The Bertz CT molecular complexity index is 378. The van der Waals surface area contributed by atoms with Gasteiger partial charge in [0.25, 0.3) is 0 Å². The second-order valence-corrected chi connectivity index (χ2v) is 4.49. The van der Waals surface area contributed by atoms with Crippen molar-refractivity contribution in [3.05, 3.63) is 28.2 Å². The smallest absolute Gasteiger partial charge is 0.321 e. The number of carbonyl (C=O) groups is 1. The Morgan fingerprint density at radius 1 is 1.29 bits per heavy atom. The van der Waals surface area contributed by atoms with E-state index in [-0.39, 0.29) is 6.03 Å². The third-order valence-electron chi connectivity index (χ3n) is 2.16. The predicted molar refractivity (Wildman–Crippen MR) is 72.0 cm³/mol. The van der Waals surface area contributed by atoms with E-state index in [2.05, 4.69) is 10.6 Å². The molecule has 0 aliphatic carbocycles. The second kappa shape index (κ2) is 6.69. The van der Waals surface area contributed by atoms with Crippen LogP contribution in [0.2, 0.25) is 10.0 Å². The molecule has 0 unspecified atom stereocenters. The van der Waals surface area contributed by atoms with Crippen LogP contribution in [0.4, 0.5) is 10.5 Å². The van der Waals surface area contributed by atoms with E-state index in [0.29, 0.717) is 22.3 Å². The van der Waals surface area contributed by atoms with E-state index in [9.17, 15) is 4.79 Å². The van der Waals surface area contributed by atoms with Gasteiger partial charge in [0, 0.05) is 35.9 Å². The van der Waals surface area contributed by atoms with E-state index in [1.54, 1.807) is 30.1 Å². The van der Waals surface area contributed by atoms with Crippen molar-refractivity contribution in [1.82, 2.24) is 10.2 Å². The van der Waals surface area contributed by atoms with Crippen LogP contribution >= 0.6 is 23.2 Å². The number of urea groups is 1. The van der Waals surface area contributed by atoms with Gasteiger partial charge in [0.2, 0.25) is 0 Å². The zero-order valence-electron chi connectivity index (χ0n) is 9.76. The number of likely N-dealkylation sites (N-methyl/N-ethyl adjacent to an activating group) is 2. The van der Waals surface area contributed by atoms with Crippen molar-refractivity contribution in [3.8, 4) is 0 Å². The summed E-state index contributed by atoms with van der Waals surface area (Å²) in [6, 6.07) is 4.72. The number of nitrogens with zero attached hydrogens (tertiary/aromatic N) is 1. The molecule has 0 atom stereocenters. The Balaban J connectivity index is 2.61. The maximum absolute atomic E-state index is 11.7. The molecule has 0 spiro atoms. The van der Waals surface area contributed by atoms with Gasteiger partial charge in [0.15, 0.2) is 0 Å². The molecule has 1 aromatic rings. The first-order valence-electron chi connectivity index (χ1n) is 5.15. The lowest BCUT2D eigenvalue weighted by atomic mass is 10.3. The van der Waals surface area contributed by atoms with Crippen molar-refractivity contribution in [1.29, 1.82) is 0 Å². The number of carbonyl (C=O) groups excluding carboxylic acids is 1. The lowest BCUT2D eigenvalue weighted by Gasteiger charge is -2.17. The van der Waals surface area contributed by atoms with Crippen molar-refractivity contribution in [3.63, 3.8) is 0 Å². The fourth-order valence-electron chi connectivity index (χ4n) is 1.23. The third-order valence-corrected chi connectivity index (χ3v) is 2.59. The molecule has 0 heterocycles. The highest BCUT2D eigenvalue weighted by Crippen LogP contribution is 2.22. The van der Waals surface area contributed by atoms with Crippen molar-refractivity contribution in [2.24, 2.45) is 0 Å². The number of nitrogens with one attached hydrogen (secondary N) is 2. The van der Waals surface area contributed by atoms with Crippen LogP contribution in [0.3, 0.4) is 0 Å². The second-order valence-electron chi connectivity index (χ2n) is 3.61. The Labute approximate surface area is 111 Å². The summed E-state index contributed by atoms with van der Waals surface area (Å²) in [7, 11) is 3.56. The first kappa shape index (κ1) is 14.1. The van der Waals surface area contributed by atoms with Gasteiger partial charge in [-0.1, -0.05) is 23.2 Å². The monoisotopic (exact) mass is 275 g/mol. The Morgan fingerprint density at radius 2 is 1.88 bits per heavy atom. The van der Waals surface area contributed by atoms with Crippen LogP contribution in [-0.2, 0) is 0 Å². The summed E-state index contributed by atoms with van der Waals surface area (Å²) in [4.78, 5) is 13.3. The fourth-order valence-corrected chi connectivity index (χ4v) is 1.75. The van der Waals surface area contributed by atoms with Gasteiger partial charge < -0.3 is 15.5 Å². The minimum Gasteiger partial charge on any atom is -0.326 e. The van der Waals surface area contributed by atoms with Gasteiger partial charge in [0.05, 0.1) is 0 Å². The van der Waals surface area contributed by atoms with Crippen molar-refractivity contribution < 1.29 is 4.79 Å². The van der Waals surface area contributed by atoms with Gasteiger partial charge >= 0.3 is 6.03 Å². The summed E-state index contributed by atoms with van der Waals surface area (Å²) in [5, 5.41) is 6.68. The van der Waals surface area contributed by atoms with E-state index >= 15 is 0 Å². The standard InChI is InChI=1S/C11H15Cl2N3O/c1-14-3-4-16(2)11(17)15-10-6-8(12)5-9(13)7-10/h5-7,14H,3-4H2,1-2H3,(H,15,17). The first-order chi connectivity index (χ1) is 8.02. The van der Waals surface area contributed by atoms with Crippen molar-refractivity contribution >= 4 is 34.9 Å². The molecule has 0 radical (unpaired) electrons. The van der Waals surface area contributed by atoms with Crippen LogP contribution in [-0.4, -0.2) is 38.1 Å². The van der Waals surface area contributed by atoms with E-state index in [1.807, 2.05) is 7.05 Å². The van der Waals surface area contributed by atoms with E-state index < -0.39 is 0 Å².